The molecule has 117 heavy (non-hydrogen) atoms. The average molecular weight is 1690 g/mol. The third-order valence-corrected chi connectivity index (χ3v) is 16.3. The number of benzene rings is 7. The first kappa shape index (κ1) is 101. The van der Waals surface area contributed by atoms with Crippen LogP contribution in [0.15, 0.2) is 170 Å². The maximum absolute atomic E-state index is 12.6. The summed E-state index contributed by atoms with van der Waals surface area (Å²) in [4.78, 5) is 108. The van der Waals surface area contributed by atoms with E-state index in [9.17, 15) is 68.9 Å². The van der Waals surface area contributed by atoms with E-state index in [4.69, 9.17) is 81.9 Å². The number of nitro groups is 1. The molecule has 11 rings (SSSR count). The van der Waals surface area contributed by atoms with E-state index in [0.29, 0.717) is 68.7 Å². The Balaban J connectivity index is 0.000000476. The minimum absolute atomic E-state index is 0. The van der Waals surface area contributed by atoms with Crippen LogP contribution in [0.2, 0.25) is 10.0 Å². The zero-order chi connectivity index (χ0) is 84.6. The van der Waals surface area contributed by atoms with Crippen LogP contribution in [0.25, 0.3) is 0 Å². The zero-order valence-corrected chi connectivity index (χ0v) is 65.8. The van der Waals surface area contributed by atoms with Gasteiger partial charge in [0.1, 0.15) is 35.1 Å². The van der Waals surface area contributed by atoms with Gasteiger partial charge in [0.25, 0.3) is 5.69 Å². The first-order valence-corrected chi connectivity index (χ1v) is 35.7. The van der Waals surface area contributed by atoms with Gasteiger partial charge in [-0.05, 0) is 206 Å². The summed E-state index contributed by atoms with van der Waals surface area (Å²) in [5, 5.41) is 107. The lowest BCUT2D eigenvalue weighted by molar-refractivity contribution is -0.384. The Morgan fingerprint density at radius 2 is 0.803 bits per heavy atom. The van der Waals surface area contributed by atoms with Crippen molar-refractivity contribution in [3.63, 3.8) is 0 Å². The molecule has 7 aromatic rings. The number of aliphatic hydroxyl groups is 4. The van der Waals surface area contributed by atoms with Crippen molar-refractivity contribution < 1.29 is 83.0 Å². The number of aliphatic hydroxyl groups excluding tert-OH is 4. The molecule has 4 aliphatic rings. The van der Waals surface area contributed by atoms with Crippen LogP contribution in [0.4, 0.5) is 59.0 Å². The topological polar surface area (TPSA) is 526 Å². The Kier molecular flexibility index (Phi) is 42.0. The Labute approximate surface area is 697 Å². The van der Waals surface area contributed by atoms with Crippen molar-refractivity contribution >= 4 is 134 Å². The number of nitrogens with zero attached hydrogens (tertiary/aromatic N) is 8. The quantitative estimate of drug-likeness (QED) is 0.0262. The molecule has 7 aromatic carbocycles. The van der Waals surface area contributed by atoms with Crippen LogP contribution in [0.5, 0.6) is 5.75 Å². The molecular weight excluding hydrogens is 1600 g/mol. The number of nitro benzene ring substituents is 1. The minimum Gasteiger partial charge on any atom is -0.480 e. The number of halogens is 4. The fourth-order valence-electron chi connectivity index (χ4n) is 10.4. The van der Waals surface area contributed by atoms with Gasteiger partial charge in [0.2, 0.25) is 17.7 Å². The second-order valence-corrected chi connectivity index (χ2v) is 28.4. The molecule has 4 fully saturated rings. The van der Waals surface area contributed by atoms with Gasteiger partial charge in [-0.25, -0.2) is 24.0 Å². The molecule has 0 saturated carbocycles. The fourth-order valence-corrected chi connectivity index (χ4v) is 10.7. The van der Waals surface area contributed by atoms with Crippen LogP contribution in [0.3, 0.4) is 0 Å². The summed E-state index contributed by atoms with van der Waals surface area (Å²) in [5.74, 6) is -1.91. The predicted octanol–water partition coefficient (Wildman–Crippen LogP) is 12.4. The van der Waals surface area contributed by atoms with E-state index in [2.05, 4.69) is 31.3 Å². The number of carbonyl (C=O) groups is 8. The SMILES string of the molecule is C.C.CC(C)(C)OC(=O)N1C[C@H](O)C[C@@H]1C(=O)Nc1ccc(C#N)cc1.CC(C)(C)OC(=O)N1C[C@H](O)C[C@@H]1C(=O)O.Cl.N#Cc1ccc(N)cc1.N#Cc1ccc(NC(=O)[C@H]2C[C@@H](O)CN2)cc1.N#Cc1ccc(NC(=O)[C@H]2C[C@@H](O)CN2C(=O)Nc2ccc(Cl)cc2)cc1.Nc1ccc(Cl)cc1.O=C(Cl)Oc1ccc([N+](=O)[O-])cc1. The van der Waals surface area contributed by atoms with Gasteiger partial charge in [-0.2, -0.15) is 21.0 Å². The molecule has 624 valence electrons. The normalized spacial score (nSPS) is 17.6. The number of nitrogen functional groups attached to an aromatic ring is 2. The van der Waals surface area contributed by atoms with Gasteiger partial charge >= 0.3 is 29.6 Å². The second kappa shape index (κ2) is 48.7. The summed E-state index contributed by atoms with van der Waals surface area (Å²) in [7, 11) is 0. The second-order valence-electron chi connectivity index (χ2n) is 27.2. The number of non-ortho nitro benzene ring substituents is 1. The maximum atomic E-state index is 12.6. The number of hydrogen-bond acceptors (Lipinski definition) is 24. The molecule has 14 N–H and O–H groups in total. The highest BCUT2D eigenvalue weighted by molar-refractivity contribution is 6.61. The van der Waals surface area contributed by atoms with Crippen LogP contribution in [-0.2, 0) is 28.7 Å². The largest absolute Gasteiger partial charge is 0.480 e. The van der Waals surface area contributed by atoms with Gasteiger partial charge in [-0.3, -0.25) is 34.3 Å². The van der Waals surface area contributed by atoms with Crippen molar-refractivity contribution in [1.29, 1.82) is 21.0 Å². The molecule has 37 heteroatoms. The molecule has 33 nitrogen and oxygen atoms in total. The van der Waals surface area contributed by atoms with Crippen LogP contribution in [0, 0.1) is 55.4 Å². The third-order valence-electron chi connectivity index (χ3n) is 15.8. The van der Waals surface area contributed by atoms with Gasteiger partial charge in [0.15, 0.2) is 0 Å². The lowest BCUT2D eigenvalue weighted by Gasteiger charge is -2.27. The van der Waals surface area contributed by atoms with Crippen molar-refractivity contribution in [3.8, 4) is 30.0 Å². The molecule has 0 unspecified atom stereocenters. The molecule has 4 aliphatic heterocycles. The van der Waals surface area contributed by atoms with Crippen LogP contribution < -0.4 is 42.8 Å². The molecular formula is C80H93Cl4N15O18. The van der Waals surface area contributed by atoms with Crippen molar-refractivity contribution in [2.24, 2.45) is 0 Å². The summed E-state index contributed by atoms with van der Waals surface area (Å²) in [6.07, 6.45) is -3.34. The highest BCUT2D eigenvalue weighted by Crippen LogP contribution is 2.27. The smallest absolute Gasteiger partial charge is 0.411 e. The molecule has 7 amide bonds. The van der Waals surface area contributed by atoms with Crippen molar-refractivity contribution in [2.75, 3.05) is 58.9 Å². The number of amides is 7. The Morgan fingerprint density at radius 1 is 0.487 bits per heavy atom. The Morgan fingerprint density at radius 3 is 1.14 bits per heavy atom. The van der Waals surface area contributed by atoms with E-state index in [-0.39, 0.29) is 89.5 Å². The number of anilines is 6. The Bertz CT molecular complexity index is 4580. The minimum atomic E-state index is -1.12. The monoisotopic (exact) mass is 1690 g/mol. The molecule has 0 spiro atoms. The van der Waals surface area contributed by atoms with E-state index in [1.807, 2.05) is 24.3 Å². The van der Waals surface area contributed by atoms with E-state index in [1.165, 1.54) is 34.1 Å². The van der Waals surface area contributed by atoms with Crippen LogP contribution in [0.1, 0.15) is 104 Å². The fraction of sp³-hybridized carbons (Fsp3) is 0.325. The highest BCUT2D eigenvalue weighted by atomic mass is 35.5. The number of urea groups is 1. The summed E-state index contributed by atoms with van der Waals surface area (Å²) >= 11 is 16.3. The van der Waals surface area contributed by atoms with E-state index in [0.717, 1.165) is 15.6 Å². The zero-order valence-electron chi connectivity index (χ0n) is 62.8. The number of ether oxygens (including phenoxy) is 3. The van der Waals surface area contributed by atoms with Gasteiger partial charge in [0, 0.05) is 100 Å². The van der Waals surface area contributed by atoms with Crippen molar-refractivity contribution in [3.05, 3.63) is 212 Å². The first-order valence-electron chi connectivity index (χ1n) is 34.6. The molecule has 0 aliphatic carbocycles. The average Bonchev–Trinajstić information content (AvgIpc) is 1.70. The number of aliphatic carboxylic acids is 1. The maximum Gasteiger partial charge on any atom is 0.411 e. The lowest BCUT2D eigenvalue weighted by atomic mass is 10.1. The summed E-state index contributed by atoms with van der Waals surface area (Å²) < 4.78 is 14.8. The summed E-state index contributed by atoms with van der Waals surface area (Å²) in [5.41, 5.74) is 14.1. The number of carboxylic acids is 1. The molecule has 0 bridgehead atoms. The predicted molar refractivity (Wildman–Crippen MR) is 443 cm³/mol. The van der Waals surface area contributed by atoms with E-state index in [1.54, 1.807) is 187 Å². The molecule has 0 radical (unpaired) electrons. The third kappa shape index (κ3) is 35.9. The molecule has 0 aromatic heterocycles. The van der Waals surface area contributed by atoms with E-state index < -0.39 is 100 Å². The number of nitrogens with one attached hydrogen (secondary N) is 5. The van der Waals surface area contributed by atoms with Gasteiger partial charge in [-0.1, -0.05) is 38.1 Å². The number of likely N-dealkylation sites (tertiary alicyclic amines) is 3. The standard InChI is InChI=1S/C19H17ClN4O3.C17H21N3O4.C12H13N3O2.C10H17NO5.C7H4ClNO4.C7H6N2.C6H6ClN.2CH4.ClH/c20-13-3-7-15(8-4-13)23-19(27)24-11-16(25)9-17(24)18(26)22-14-5-1-12(10-21)2-6-14;1-17(2,3)24-16(23)20-10-13(21)8-14(20)15(22)19-12-6-4-11(9-18)5-7-12;13-6-8-1-3-9(4-2-8)15-12(17)11-5-10(16)7-14-11;1-10(2,3)16-9(15)11-5-6(12)4-7(11)8(13)14;8-7(10)13-6-3-1-5(2-4-6)9(11)12;8-5-6-1-3-7(9)4-2-6;7-5-1-3-6(8)4-2-5;;;/h1-8,16-17,25H,9,11H2,(H,22,26)(H,23,27);4-7,13-14,21H,8,10H2,1-3H3,(H,19,22);1-4,10-11,14,16H,5,7H2,(H,15,17);6-7,12H,4-5H2,1-3H3,(H,13,14);1-4H;1-4H,9H2;1-4H,8H2;2*1H4;1H/t16-,17-;13-,14-;10-,11-;6-,7-;;;;;;/m1111....../s1. The number of carbonyl (C=O) groups excluding carboxylic acids is 7. The number of nitriles is 4. The highest BCUT2D eigenvalue weighted by Gasteiger charge is 2.43. The number of carboxylic acid groups (broad SMARTS) is 1. The Hall–Kier alpha value is -12.4. The number of rotatable bonds is 10. The van der Waals surface area contributed by atoms with Gasteiger partial charge in [-0.15, -0.1) is 12.4 Å². The van der Waals surface area contributed by atoms with Crippen LogP contribution in [-0.4, -0.2) is 178 Å². The van der Waals surface area contributed by atoms with Gasteiger partial charge < -0.3 is 82.7 Å². The first-order chi connectivity index (χ1) is 53.7. The van der Waals surface area contributed by atoms with Crippen LogP contribution >= 0.6 is 47.2 Å². The number of hydrogen-bond donors (Lipinski definition) is 12. The van der Waals surface area contributed by atoms with Gasteiger partial charge in [0.05, 0.1) is 95.0 Å². The van der Waals surface area contributed by atoms with Crippen molar-refractivity contribution in [1.82, 2.24) is 20.0 Å². The molecule has 4 heterocycles. The lowest BCUT2D eigenvalue weighted by Crippen LogP contribution is -2.45. The number of β-amino-alcohol motifs (C(OH)–C–C–N with tert-alkyl or cyclic N) is 4. The molecule has 8 atom stereocenters. The number of nitrogens with two attached hydrogens (primary N) is 2. The summed E-state index contributed by atoms with van der Waals surface area (Å²) in [6, 6.07) is 49.5. The van der Waals surface area contributed by atoms with E-state index >= 15 is 0 Å². The molecule has 4 saturated heterocycles. The summed E-state index contributed by atoms with van der Waals surface area (Å²) in [6.45, 7) is 10.9. The van der Waals surface area contributed by atoms with Crippen molar-refractivity contribution in [2.45, 2.75) is 142 Å².